The number of rotatable bonds is 3. The van der Waals surface area contributed by atoms with Gasteiger partial charge in [-0.3, -0.25) is 10.8 Å². The number of nitrogens with zero attached hydrogens (tertiary/aromatic N) is 1. The van der Waals surface area contributed by atoms with Gasteiger partial charge in [-0.2, -0.15) is 0 Å². The van der Waals surface area contributed by atoms with E-state index in [9.17, 15) is 0 Å². The molecule has 1 rings (SSSR count). The van der Waals surface area contributed by atoms with Crippen molar-refractivity contribution in [2.45, 2.75) is 13.0 Å². The van der Waals surface area contributed by atoms with E-state index in [0.717, 1.165) is 11.1 Å². The summed E-state index contributed by atoms with van der Waals surface area (Å²) in [5, 5.41) is 0. The first-order chi connectivity index (χ1) is 5.77. The molecule has 0 saturated carbocycles. The topological polar surface area (TPSA) is 50.9 Å². The second-order valence-electron chi connectivity index (χ2n) is 2.68. The van der Waals surface area contributed by atoms with Crippen LogP contribution in [0.1, 0.15) is 17.2 Å². The van der Waals surface area contributed by atoms with Crippen LogP contribution in [-0.2, 0) is 0 Å². The van der Waals surface area contributed by atoms with Crippen molar-refractivity contribution in [1.29, 1.82) is 0 Å². The quantitative estimate of drug-likeness (QED) is 0.398. The SMILES string of the molecule is C=CC(NN)c1cncc(C)c1. The molecule has 3 N–H and O–H groups in total. The van der Waals surface area contributed by atoms with Crippen LogP contribution in [0.25, 0.3) is 0 Å². The molecule has 0 aliphatic rings. The lowest BCUT2D eigenvalue weighted by Gasteiger charge is -2.10. The molecule has 0 bridgehead atoms. The Morgan fingerprint density at radius 2 is 2.42 bits per heavy atom. The van der Waals surface area contributed by atoms with Gasteiger partial charge < -0.3 is 0 Å². The normalized spacial score (nSPS) is 12.5. The second-order valence-corrected chi connectivity index (χ2v) is 2.68. The second kappa shape index (κ2) is 3.99. The molecule has 3 nitrogen and oxygen atoms in total. The third kappa shape index (κ3) is 1.90. The maximum Gasteiger partial charge on any atom is 0.0653 e. The van der Waals surface area contributed by atoms with Crippen LogP contribution in [0.2, 0.25) is 0 Å². The number of hydrogen-bond acceptors (Lipinski definition) is 3. The average molecular weight is 163 g/mol. The molecule has 1 aromatic heterocycles. The first-order valence-corrected chi connectivity index (χ1v) is 3.78. The fourth-order valence-electron chi connectivity index (χ4n) is 1.05. The van der Waals surface area contributed by atoms with Crippen molar-refractivity contribution < 1.29 is 0 Å². The Morgan fingerprint density at radius 3 is 2.92 bits per heavy atom. The molecular formula is C9H13N3. The first kappa shape index (κ1) is 8.90. The van der Waals surface area contributed by atoms with Crippen molar-refractivity contribution in [3.05, 3.63) is 42.2 Å². The van der Waals surface area contributed by atoms with E-state index in [-0.39, 0.29) is 6.04 Å². The molecule has 0 aliphatic carbocycles. The van der Waals surface area contributed by atoms with Crippen LogP contribution in [0.4, 0.5) is 0 Å². The number of nitrogens with one attached hydrogen (secondary N) is 1. The molecule has 0 fully saturated rings. The van der Waals surface area contributed by atoms with Gasteiger partial charge in [0.2, 0.25) is 0 Å². The molecule has 1 aromatic rings. The number of hydrogen-bond donors (Lipinski definition) is 2. The molecule has 3 heteroatoms. The minimum atomic E-state index is -0.0163. The number of aryl methyl sites for hydroxylation is 1. The van der Waals surface area contributed by atoms with Crippen LogP contribution in [0.3, 0.4) is 0 Å². The average Bonchev–Trinajstić information content (AvgIpc) is 2.07. The van der Waals surface area contributed by atoms with Crippen LogP contribution in [0.5, 0.6) is 0 Å². The highest BCUT2D eigenvalue weighted by molar-refractivity contribution is 5.22. The number of pyridine rings is 1. The fraction of sp³-hybridized carbons (Fsp3) is 0.222. The molecule has 0 radical (unpaired) electrons. The number of nitrogens with two attached hydrogens (primary N) is 1. The van der Waals surface area contributed by atoms with Crippen LogP contribution in [0, 0.1) is 6.92 Å². The molecule has 0 spiro atoms. The Hall–Kier alpha value is -1.19. The molecular weight excluding hydrogens is 150 g/mol. The van der Waals surface area contributed by atoms with Crippen LogP contribution < -0.4 is 11.3 Å². The summed E-state index contributed by atoms with van der Waals surface area (Å²) in [5.74, 6) is 5.32. The van der Waals surface area contributed by atoms with Crippen molar-refractivity contribution in [3.8, 4) is 0 Å². The van der Waals surface area contributed by atoms with E-state index in [1.54, 1.807) is 18.5 Å². The summed E-state index contributed by atoms with van der Waals surface area (Å²) in [6.45, 7) is 5.66. The smallest absolute Gasteiger partial charge is 0.0653 e. The predicted octanol–water partition coefficient (Wildman–Crippen LogP) is 1.08. The maximum atomic E-state index is 5.32. The van der Waals surface area contributed by atoms with E-state index < -0.39 is 0 Å². The van der Waals surface area contributed by atoms with Crippen LogP contribution in [0.15, 0.2) is 31.1 Å². The lowest BCUT2D eigenvalue weighted by atomic mass is 10.1. The summed E-state index contributed by atoms with van der Waals surface area (Å²) in [6.07, 6.45) is 5.33. The third-order valence-electron chi connectivity index (χ3n) is 1.67. The highest BCUT2D eigenvalue weighted by Crippen LogP contribution is 2.12. The van der Waals surface area contributed by atoms with Crippen LogP contribution >= 0.6 is 0 Å². The van der Waals surface area contributed by atoms with Gasteiger partial charge in [0.1, 0.15) is 0 Å². The van der Waals surface area contributed by atoms with E-state index in [4.69, 9.17) is 5.84 Å². The summed E-state index contributed by atoms with van der Waals surface area (Å²) < 4.78 is 0. The van der Waals surface area contributed by atoms with E-state index >= 15 is 0 Å². The Balaban J connectivity index is 2.93. The third-order valence-corrected chi connectivity index (χ3v) is 1.67. The van der Waals surface area contributed by atoms with Gasteiger partial charge in [-0.25, -0.2) is 5.43 Å². The molecule has 0 saturated heterocycles. The van der Waals surface area contributed by atoms with E-state index in [1.165, 1.54) is 0 Å². The van der Waals surface area contributed by atoms with E-state index in [2.05, 4.69) is 17.0 Å². The van der Waals surface area contributed by atoms with Gasteiger partial charge in [-0.05, 0) is 18.1 Å². The minimum absolute atomic E-state index is 0.0163. The van der Waals surface area contributed by atoms with Crippen molar-refractivity contribution >= 4 is 0 Å². The number of aromatic nitrogens is 1. The zero-order valence-electron chi connectivity index (χ0n) is 7.12. The molecule has 1 heterocycles. The predicted molar refractivity (Wildman–Crippen MR) is 49.2 cm³/mol. The highest BCUT2D eigenvalue weighted by atomic mass is 15.2. The largest absolute Gasteiger partial charge is 0.271 e. The van der Waals surface area contributed by atoms with Crippen molar-refractivity contribution in [2.75, 3.05) is 0 Å². The molecule has 0 amide bonds. The first-order valence-electron chi connectivity index (χ1n) is 3.78. The molecule has 0 aromatic carbocycles. The van der Waals surface area contributed by atoms with Gasteiger partial charge in [-0.1, -0.05) is 12.1 Å². The van der Waals surface area contributed by atoms with Gasteiger partial charge in [0.15, 0.2) is 0 Å². The van der Waals surface area contributed by atoms with Crippen molar-refractivity contribution in [3.63, 3.8) is 0 Å². The van der Waals surface area contributed by atoms with Crippen molar-refractivity contribution in [2.24, 2.45) is 5.84 Å². The standard InChI is InChI=1S/C9H13N3/c1-3-9(12-10)8-4-7(2)5-11-6-8/h3-6,9,12H,1,10H2,2H3. The lowest BCUT2D eigenvalue weighted by Crippen LogP contribution is -2.26. The fourth-order valence-corrected chi connectivity index (χ4v) is 1.05. The van der Waals surface area contributed by atoms with Gasteiger partial charge >= 0.3 is 0 Å². The molecule has 12 heavy (non-hydrogen) atoms. The van der Waals surface area contributed by atoms with E-state index in [1.807, 2.05) is 13.0 Å². The van der Waals surface area contributed by atoms with Gasteiger partial charge in [0.25, 0.3) is 0 Å². The minimum Gasteiger partial charge on any atom is -0.271 e. The molecule has 1 atom stereocenters. The highest BCUT2D eigenvalue weighted by Gasteiger charge is 2.03. The Kier molecular flexibility index (Phi) is 2.96. The summed E-state index contributed by atoms with van der Waals surface area (Å²) in [7, 11) is 0. The monoisotopic (exact) mass is 163 g/mol. The maximum absolute atomic E-state index is 5.32. The molecule has 1 unspecified atom stereocenters. The lowest BCUT2D eigenvalue weighted by molar-refractivity contribution is 0.654. The summed E-state index contributed by atoms with van der Waals surface area (Å²) >= 11 is 0. The van der Waals surface area contributed by atoms with Gasteiger partial charge in [0, 0.05) is 12.4 Å². The Labute approximate surface area is 72.3 Å². The summed E-state index contributed by atoms with van der Waals surface area (Å²) in [4.78, 5) is 4.06. The Bertz CT molecular complexity index is 270. The zero-order chi connectivity index (χ0) is 8.97. The molecule has 0 aliphatic heterocycles. The summed E-state index contributed by atoms with van der Waals surface area (Å²) in [5.41, 5.74) is 4.79. The van der Waals surface area contributed by atoms with Crippen LogP contribution in [-0.4, -0.2) is 4.98 Å². The Morgan fingerprint density at radius 1 is 1.67 bits per heavy atom. The number of hydrazine groups is 1. The van der Waals surface area contributed by atoms with Gasteiger partial charge in [0.05, 0.1) is 6.04 Å². The van der Waals surface area contributed by atoms with E-state index in [0.29, 0.717) is 0 Å². The summed E-state index contributed by atoms with van der Waals surface area (Å²) in [6, 6.07) is 2.01. The van der Waals surface area contributed by atoms with Gasteiger partial charge in [-0.15, -0.1) is 6.58 Å². The van der Waals surface area contributed by atoms with Crippen molar-refractivity contribution in [1.82, 2.24) is 10.4 Å². The zero-order valence-corrected chi connectivity index (χ0v) is 7.12. The molecule has 64 valence electrons.